The molecule has 0 aliphatic carbocycles. The van der Waals surface area contributed by atoms with Crippen LogP contribution >= 0.6 is 0 Å². The van der Waals surface area contributed by atoms with Crippen LogP contribution in [0.3, 0.4) is 0 Å². The van der Waals surface area contributed by atoms with Gasteiger partial charge in [0.2, 0.25) is 0 Å². The summed E-state index contributed by atoms with van der Waals surface area (Å²) in [5, 5.41) is 10.4. The Morgan fingerprint density at radius 3 is 2.48 bits per heavy atom. The van der Waals surface area contributed by atoms with E-state index in [1.165, 1.54) is 24.3 Å². The summed E-state index contributed by atoms with van der Waals surface area (Å²) in [6.07, 6.45) is -0.613. The first-order valence-electron chi connectivity index (χ1n) is 7.00. The monoisotopic (exact) mass is 344 g/mol. The van der Waals surface area contributed by atoms with Crippen LogP contribution in [-0.2, 0) is 4.79 Å². The summed E-state index contributed by atoms with van der Waals surface area (Å²) < 4.78 is 5.45. The summed E-state index contributed by atoms with van der Waals surface area (Å²) in [7, 11) is 0. The summed E-state index contributed by atoms with van der Waals surface area (Å²) in [6, 6.07) is 5.53. The fourth-order valence-corrected chi connectivity index (χ4v) is 2.25. The van der Waals surface area contributed by atoms with Crippen molar-refractivity contribution in [2.75, 3.05) is 0 Å². The van der Waals surface area contributed by atoms with Crippen molar-refractivity contribution < 1.29 is 14.6 Å². The van der Waals surface area contributed by atoms with Crippen LogP contribution in [0.15, 0.2) is 51.3 Å². The maximum absolute atomic E-state index is 12.3. The normalized spacial score (nSPS) is 12.0. The van der Waals surface area contributed by atoms with E-state index in [4.69, 9.17) is 4.74 Å². The number of imidazole rings is 1. The molecule has 0 aliphatic rings. The molecule has 2 aromatic heterocycles. The van der Waals surface area contributed by atoms with Gasteiger partial charge in [-0.15, -0.1) is 0 Å². The zero-order valence-corrected chi connectivity index (χ0v) is 12.6. The minimum absolute atomic E-state index is 0.0601. The molecule has 0 aliphatic heterocycles. The molecule has 0 saturated heterocycles. The second kappa shape index (κ2) is 6.09. The standard InChI is InChI=1S/C15H12N4O6/c1-2-9(20)25-8-5-3-7(4-6-8)12(21)19-13(22)10-11(18-15(19)24)17-14(23)16-10/h2-6,12,21H,1H2,(H,18,24)(H2,16,17,23). The first-order valence-corrected chi connectivity index (χ1v) is 7.00. The maximum atomic E-state index is 12.3. The molecule has 0 fully saturated rings. The zero-order chi connectivity index (χ0) is 18.1. The van der Waals surface area contributed by atoms with Gasteiger partial charge in [0.15, 0.2) is 11.7 Å². The number of aliphatic hydroxyl groups excluding tert-OH is 1. The van der Waals surface area contributed by atoms with Crippen LogP contribution in [0, 0.1) is 0 Å². The number of nitrogens with one attached hydrogen (secondary N) is 3. The van der Waals surface area contributed by atoms with Crippen molar-refractivity contribution in [3.63, 3.8) is 0 Å². The third-order valence-electron chi connectivity index (χ3n) is 3.42. The molecule has 0 bridgehead atoms. The number of rotatable bonds is 4. The Morgan fingerprint density at radius 1 is 1.16 bits per heavy atom. The van der Waals surface area contributed by atoms with Crippen molar-refractivity contribution in [1.82, 2.24) is 19.5 Å². The van der Waals surface area contributed by atoms with E-state index in [0.717, 1.165) is 6.08 Å². The number of aliphatic hydroxyl groups is 1. The van der Waals surface area contributed by atoms with Crippen molar-refractivity contribution in [3.05, 3.63) is 73.8 Å². The van der Waals surface area contributed by atoms with Crippen LogP contribution in [0.5, 0.6) is 5.75 Å². The molecule has 3 rings (SSSR count). The van der Waals surface area contributed by atoms with Crippen molar-refractivity contribution in [2.45, 2.75) is 6.23 Å². The molecule has 0 amide bonds. The van der Waals surface area contributed by atoms with Crippen LogP contribution < -0.4 is 21.7 Å². The Morgan fingerprint density at radius 2 is 1.84 bits per heavy atom. The lowest BCUT2D eigenvalue weighted by molar-refractivity contribution is -0.128. The van der Waals surface area contributed by atoms with Crippen molar-refractivity contribution in [2.24, 2.45) is 0 Å². The van der Waals surface area contributed by atoms with E-state index in [-0.39, 0.29) is 22.5 Å². The van der Waals surface area contributed by atoms with E-state index in [0.29, 0.717) is 4.57 Å². The Bertz CT molecular complexity index is 1130. The first kappa shape index (κ1) is 16.2. The number of aromatic amines is 3. The van der Waals surface area contributed by atoms with E-state index in [1.54, 1.807) is 0 Å². The number of benzene rings is 1. The molecule has 3 aromatic rings. The molecule has 2 heterocycles. The van der Waals surface area contributed by atoms with Crippen LogP contribution in [0.25, 0.3) is 11.2 Å². The summed E-state index contributed by atoms with van der Waals surface area (Å²) in [4.78, 5) is 53.6. The zero-order valence-electron chi connectivity index (χ0n) is 12.6. The number of esters is 1. The molecule has 4 N–H and O–H groups in total. The van der Waals surface area contributed by atoms with Gasteiger partial charge in [-0.3, -0.25) is 19.7 Å². The van der Waals surface area contributed by atoms with Gasteiger partial charge in [-0.2, -0.15) is 0 Å². The molecule has 1 atom stereocenters. The number of ether oxygens (including phenoxy) is 1. The number of hydrogen-bond donors (Lipinski definition) is 4. The Labute approximate surface area is 138 Å². The van der Waals surface area contributed by atoms with E-state index in [9.17, 15) is 24.3 Å². The molecule has 0 radical (unpaired) electrons. The SMILES string of the molecule is C=CC(=O)Oc1ccc(C(O)n2c(=O)[nH]c3[nH]c(=O)[nH]c3c2=O)cc1. The van der Waals surface area contributed by atoms with E-state index in [1.807, 2.05) is 0 Å². The minimum atomic E-state index is -1.61. The highest BCUT2D eigenvalue weighted by atomic mass is 16.5. The lowest BCUT2D eigenvalue weighted by atomic mass is 10.2. The number of H-pyrrole nitrogens is 3. The highest BCUT2D eigenvalue weighted by Gasteiger charge is 2.18. The Kier molecular flexibility index (Phi) is 3.95. The van der Waals surface area contributed by atoms with Gasteiger partial charge in [-0.05, 0) is 12.1 Å². The summed E-state index contributed by atoms with van der Waals surface area (Å²) in [5.74, 6) is -0.449. The lowest BCUT2D eigenvalue weighted by Crippen LogP contribution is -2.38. The molecule has 25 heavy (non-hydrogen) atoms. The summed E-state index contributed by atoms with van der Waals surface area (Å²) in [5.41, 5.74) is -2.46. The first-order chi connectivity index (χ1) is 11.9. The van der Waals surface area contributed by atoms with Gasteiger partial charge >= 0.3 is 17.3 Å². The molecule has 128 valence electrons. The molecule has 1 aromatic carbocycles. The second-order valence-electron chi connectivity index (χ2n) is 5.00. The van der Waals surface area contributed by atoms with E-state index >= 15 is 0 Å². The average Bonchev–Trinajstić information content (AvgIpc) is 2.95. The molecular weight excluding hydrogens is 332 g/mol. The van der Waals surface area contributed by atoms with Crippen molar-refractivity contribution in [3.8, 4) is 5.75 Å². The molecular formula is C15H12N4O6. The number of aromatic nitrogens is 4. The molecule has 0 saturated carbocycles. The van der Waals surface area contributed by atoms with E-state index < -0.39 is 29.1 Å². The van der Waals surface area contributed by atoms with Crippen molar-refractivity contribution >= 4 is 17.1 Å². The largest absolute Gasteiger partial charge is 0.423 e. The second-order valence-corrected chi connectivity index (χ2v) is 5.00. The number of hydrogen-bond acceptors (Lipinski definition) is 6. The Hall–Kier alpha value is -3.66. The number of nitrogens with zero attached hydrogens (tertiary/aromatic N) is 1. The van der Waals surface area contributed by atoms with Gasteiger partial charge in [0.1, 0.15) is 11.4 Å². The number of carbonyl (C=O) groups excluding carboxylic acids is 1. The van der Waals surface area contributed by atoms with Gasteiger partial charge in [0, 0.05) is 11.6 Å². The van der Waals surface area contributed by atoms with Gasteiger partial charge in [0.25, 0.3) is 5.56 Å². The Balaban J connectivity index is 2.02. The van der Waals surface area contributed by atoms with Gasteiger partial charge in [-0.25, -0.2) is 19.0 Å². The van der Waals surface area contributed by atoms with Crippen LogP contribution in [0.4, 0.5) is 0 Å². The highest BCUT2D eigenvalue weighted by molar-refractivity contribution is 5.83. The van der Waals surface area contributed by atoms with Gasteiger partial charge < -0.3 is 9.84 Å². The number of carbonyl (C=O) groups is 1. The van der Waals surface area contributed by atoms with Crippen LogP contribution in [-0.4, -0.2) is 30.6 Å². The molecule has 1 unspecified atom stereocenters. The van der Waals surface area contributed by atoms with Gasteiger partial charge in [0.05, 0.1) is 0 Å². The van der Waals surface area contributed by atoms with E-state index in [2.05, 4.69) is 21.5 Å². The quantitative estimate of drug-likeness (QED) is 0.280. The highest BCUT2D eigenvalue weighted by Crippen LogP contribution is 2.18. The topological polar surface area (TPSA) is 150 Å². The van der Waals surface area contributed by atoms with Gasteiger partial charge in [-0.1, -0.05) is 18.7 Å². The molecule has 10 nitrogen and oxygen atoms in total. The van der Waals surface area contributed by atoms with Crippen molar-refractivity contribution in [1.29, 1.82) is 0 Å². The minimum Gasteiger partial charge on any atom is -0.423 e. The fourth-order valence-electron chi connectivity index (χ4n) is 2.25. The lowest BCUT2D eigenvalue weighted by Gasteiger charge is -2.13. The summed E-state index contributed by atoms with van der Waals surface area (Å²) in [6.45, 7) is 3.27. The summed E-state index contributed by atoms with van der Waals surface area (Å²) >= 11 is 0. The fraction of sp³-hybridized carbons (Fsp3) is 0.0667. The number of fused-ring (bicyclic) bond motifs is 1. The maximum Gasteiger partial charge on any atom is 0.335 e. The van der Waals surface area contributed by atoms with Crippen LogP contribution in [0.1, 0.15) is 11.8 Å². The third-order valence-corrected chi connectivity index (χ3v) is 3.42. The molecule has 0 spiro atoms. The molecule has 10 heteroatoms. The predicted octanol–water partition coefficient (Wildman–Crippen LogP) is -0.663. The van der Waals surface area contributed by atoms with Crippen LogP contribution in [0.2, 0.25) is 0 Å². The predicted molar refractivity (Wildman–Crippen MR) is 86.4 cm³/mol. The third kappa shape index (κ3) is 2.93. The smallest absolute Gasteiger partial charge is 0.335 e. The average molecular weight is 344 g/mol.